The highest BCUT2D eigenvalue weighted by Crippen LogP contribution is 2.12. The second kappa shape index (κ2) is 5.62. The lowest BCUT2D eigenvalue weighted by Crippen LogP contribution is -2.15. The van der Waals surface area contributed by atoms with Crippen LogP contribution in [-0.2, 0) is 0 Å². The maximum atomic E-state index is 11.9. The molecule has 0 atom stereocenters. The molecule has 0 fully saturated rings. The number of nitrogen functional groups attached to an aromatic ring is 1. The molecule has 6 heteroatoms. The van der Waals surface area contributed by atoms with E-state index >= 15 is 0 Å². The summed E-state index contributed by atoms with van der Waals surface area (Å²) >= 11 is 0. The number of amides is 1. The summed E-state index contributed by atoms with van der Waals surface area (Å²) in [6.07, 6.45) is 1.49. The fourth-order valence-corrected chi connectivity index (χ4v) is 1.47. The number of hydrogen-bond acceptors (Lipinski definition) is 5. The monoisotopic (exact) mass is 253 g/mol. The van der Waals surface area contributed by atoms with E-state index in [1.165, 1.54) is 6.20 Å². The Labute approximate surface area is 109 Å². The maximum absolute atomic E-state index is 11.9. The van der Waals surface area contributed by atoms with Crippen molar-refractivity contribution in [2.24, 2.45) is 5.84 Å². The Morgan fingerprint density at radius 2 is 1.95 bits per heavy atom. The van der Waals surface area contributed by atoms with Crippen LogP contribution in [0.25, 0.3) is 0 Å². The van der Waals surface area contributed by atoms with Crippen LogP contribution < -0.4 is 16.6 Å². The van der Waals surface area contributed by atoms with Crippen molar-refractivity contribution in [1.82, 2.24) is 4.98 Å². The number of carbonyl (C=O) groups is 1. The van der Waals surface area contributed by atoms with Crippen LogP contribution in [-0.4, -0.2) is 10.9 Å². The van der Waals surface area contributed by atoms with Crippen molar-refractivity contribution in [2.45, 2.75) is 0 Å². The molecular formula is C13H11N5O. The summed E-state index contributed by atoms with van der Waals surface area (Å²) in [5, 5.41) is 11.4. The molecule has 94 valence electrons. The van der Waals surface area contributed by atoms with E-state index in [0.717, 1.165) is 0 Å². The summed E-state index contributed by atoms with van der Waals surface area (Å²) in [6, 6.07) is 11.8. The first-order valence-electron chi connectivity index (χ1n) is 5.47. The Balaban J connectivity index is 2.13. The number of nitrogens with two attached hydrogens (primary N) is 1. The van der Waals surface area contributed by atoms with Gasteiger partial charge in [0, 0.05) is 11.9 Å². The van der Waals surface area contributed by atoms with Crippen molar-refractivity contribution >= 4 is 17.3 Å². The summed E-state index contributed by atoms with van der Waals surface area (Å²) in [7, 11) is 0. The van der Waals surface area contributed by atoms with E-state index in [0.29, 0.717) is 16.9 Å². The van der Waals surface area contributed by atoms with Crippen molar-refractivity contribution in [2.75, 3.05) is 10.7 Å². The van der Waals surface area contributed by atoms with E-state index in [1.807, 2.05) is 6.07 Å². The molecule has 6 nitrogen and oxygen atoms in total. The van der Waals surface area contributed by atoms with Gasteiger partial charge >= 0.3 is 0 Å². The maximum Gasteiger partial charge on any atom is 0.274 e. The van der Waals surface area contributed by atoms with Gasteiger partial charge in [-0.25, -0.2) is 0 Å². The topological polar surface area (TPSA) is 104 Å². The molecule has 1 heterocycles. The van der Waals surface area contributed by atoms with Crippen molar-refractivity contribution < 1.29 is 4.79 Å². The second-order valence-electron chi connectivity index (χ2n) is 3.72. The molecule has 0 aliphatic heterocycles. The summed E-state index contributed by atoms with van der Waals surface area (Å²) in [5.74, 6) is 4.92. The van der Waals surface area contributed by atoms with E-state index < -0.39 is 0 Å². The van der Waals surface area contributed by atoms with Crippen molar-refractivity contribution in [1.29, 1.82) is 5.26 Å². The molecule has 1 aromatic carbocycles. The van der Waals surface area contributed by atoms with Crippen LogP contribution >= 0.6 is 0 Å². The summed E-state index contributed by atoms with van der Waals surface area (Å²) in [4.78, 5) is 15.9. The van der Waals surface area contributed by atoms with Gasteiger partial charge in [-0.05, 0) is 36.4 Å². The molecule has 0 aliphatic rings. The summed E-state index contributed by atoms with van der Waals surface area (Å²) < 4.78 is 0. The molecule has 0 radical (unpaired) electrons. The molecule has 0 saturated heterocycles. The minimum atomic E-state index is -0.346. The summed E-state index contributed by atoms with van der Waals surface area (Å²) in [6.45, 7) is 0. The molecule has 0 unspecified atom stereocenters. The first-order chi connectivity index (χ1) is 9.22. The third-order valence-electron chi connectivity index (χ3n) is 2.43. The standard InChI is InChI=1S/C13H11N5O/c14-8-9-1-3-10(4-2-9)17-13(19)12-7-11(18-15)5-6-16-12/h1-7H,15H2,(H,16,18)(H,17,19). The molecule has 4 N–H and O–H groups in total. The summed E-state index contributed by atoms with van der Waals surface area (Å²) in [5.41, 5.74) is 4.42. The Morgan fingerprint density at radius 1 is 1.21 bits per heavy atom. The van der Waals surface area contributed by atoms with E-state index in [1.54, 1.807) is 36.4 Å². The highest BCUT2D eigenvalue weighted by atomic mass is 16.1. The van der Waals surface area contributed by atoms with Gasteiger partial charge in [0.15, 0.2) is 0 Å². The van der Waals surface area contributed by atoms with Gasteiger partial charge in [0.05, 0.1) is 17.3 Å². The minimum absolute atomic E-state index is 0.250. The zero-order valence-corrected chi connectivity index (χ0v) is 9.92. The number of hydrogen-bond donors (Lipinski definition) is 3. The number of anilines is 2. The third kappa shape index (κ3) is 3.06. The molecule has 0 saturated carbocycles. The molecule has 19 heavy (non-hydrogen) atoms. The molecule has 0 aliphatic carbocycles. The van der Waals surface area contributed by atoms with E-state index in [4.69, 9.17) is 11.1 Å². The fraction of sp³-hybridized carbons (Fsp3) is 0. The van der Waals surface area contributed by atoms with Crippen LogP contribution in [0.5, 0.6) is 0 Å². The zero-order valence-electron chi connectivity index (χ0n) is 9.92. The van der Waals surface area contributed by atoms with Crippen LogP contribution in [0.1, 0.15) is 16.1 Å². The molecule has 2 aromatic rings. The lowest BCUT2D eigenvalue weighted by molar-refractivity contribution is 0.102. The largest absolute Gasteiger partial charge is 0.324 e. The first-order valence-corrected chi connectivity index (χ1v) is 5.47. The molecule has 0 spiro atoms. The van der Waals surface area contributed by atoms with Gasteiger partial charge in [-0.3, -0.25) is 15.6 Å². The third-order valence-corrected chi connectivity index (χ3v) is 2.43. The van der Waals surface area contributed by atoms with Crippen LogP contribution in [0.3, 0.4) is 0 Å². The highest BCUT2D eigenvalue weighted by molar-refractivity contribution is 6.03. The average molecular weight is 253 g/mol. The molecule has 2 rings (SSSR count). The number of nitrogens with one attached hydrogen (secondary N) is 2. The number of hydrazine groups is 1. The lowest BCUT2D eigenvalue weighted by atomic mass is 10.2. The van der Waals surface area contributed by atoms with Gasteiger partial charge in [0.25, 0.3) is 5.91 Å². The molecular weight excluding hydrogens is 242 g/mol. The molecule has 1 amide bonds. The van der Waals surface area contributed by atoms with Crippen LogP contribution in [0.15, 0.2) is 42.6 Å². The number of benzene rings is 1. The SMILES string of the molecule is N#Cc1ccc(NC(=O)c2cc(NN)ccn2)cc1. The zero-order chi connectivity index (χ0) is 13.7. The fourth-order valence-electron chi connectivity index (χ4n) is 1.47. The number of nitrogens with zero attached hydrogens (tertiary/aromatic N) is 2. The smallest absolute Gasteiger partial charge is 0.274 e. The molecule has 0 bridgehead atoms. The van der Waals surface area contributed by atoms with Gasteiger partial charge in [-0.15, -0.1) is 0 Å². The van der Waals surface area contributed by atoms with Crippen molar-refractivity contribution in [3.05, 3.63) is 53.9 Å². The van der Waals surface area contributed by atoms with Crippen LogP contribution in [0.4, 0.5) is 11.4 Å². The Morgan fingerprint density at radius 3 is 2.58 bits per heavy atom. The van der Waals surface area contributed by atoms with E-state index in [-0.39, 0.29) is 11.6 Å². The van der Waals surface area contributed by atoms with Gasteiger partial charge in [0.2, 0.25) is 0 Å². The Hall–Kier alpha value is -2.91. The molecule has 1 aromatic heterocycles. The van der Waals surface area contributed by atoms with Crippen molar-refractivity contribution in [3.8, 4) is 6.07 Å². The number of carbonyl (C=O) groups excluding carboxylic acids is 1. The first kappa shape index (κ1) is 12.5. The van der Waals surface area contributed by atoms with Crippen LogP contribution in [0.2, 0.25) is 0 Å². The number of pyridine rings is 1. The lowest BCUT2D eigenvalue weighted by Gasteiger charge is -2.06. The normalized spacial score (nSPS) is 9.47. The van der Waals surface area contributed by atoms with Gasteiger partial charge in [-0.2, -0.15) is 5.26 Å². The quantitative estimate of drug-likeness (QED) is 0.568. The number of nitriles is 1. The van der Waals surface area contributed by atoms with E-state index in [9.17, 15) is 4.79 Å². The number of rotatable bonds is 3. The Bertz CT molecular complexity index is 630. The predicted molar refractivity (Wildman–Crippen MR) is 71.2 cm³/mol. The van der Waals surface area contributed by atoms with Gasteiger partial charge in [-0.1, -0.05) is 0 Å². The van der Waals surface area contributed by atoms with Gasteiger partial charge in [0.1, 0.15) is 5.69 Å². The van der Waals surface area contributed by atoms with Crippen LogP contribution in [0, 0.1) is 11.3 Å². The van der Waals surface area contributed by atoms with Gasteiger partial charge < -0.3 is 10.7 Å². The number of aromatic nitrogens is 1. The van der Waals surface area contributed by atoms with Crippen molar-refractivity contribution in [3.63, 3.8) is 0 Å². The second-order valence-corrected chi connectivity index (χ2v) is 3.72. The Kier molecular flexibility index (Phi) is 3.71. The average Bonchev–Trinajstić information content (AvgIpc) is 2.48. The highest BCUT2D eigenvalue weighted by Gasteiger charge is 2.08. The van der Waals surface area contributed by atoms with E-state index in [2.05, 4.69) is 15.7 Å². The minimum Gasteiger partial charge on any atom is -0.324 e. The predicted octanol–water partition coefficient (Wildman–Crippen LogP) is 1.49.